The maximum atomic E-state index is 2.49. The van der Waals surface area contributed by atoms with E-state index in [2.05, 4.69) is 30.3 Å². The molecule has 0 bridgehead atoms. The Labute approximate surface area is 161 Å². The lowest BCUT2D eigenvalue weighted by molar-refractivity contribution is 0.0556. The van der Waals surface area contributed by atoms with Crippen LogP contribution in [0.4, 0.5) is 0 Å². The van der Waals surface area contributed by atoms with Crippen LogP contribution in [0.5, 0.6) is 0 Å². The Morgan fingerprint density at radius 1 is 0.556 bits per heavy atom. The molecule has 10 fully saturated rings. The van der Waals surface area contributed by atoms with Gasteiger partial charge in [-0.2, -0.15) is 0 Å². The van der Waals surface area contributed by atoms with Crippen molar-refractivity contribution in [1.29, 1.82) is 0 Å². The van der Waals surface area contributed by atoms with Gasteiger partial charge in [-0.3, -0.25) is 0 Å². The lowest BCUT2D eigenvalue weighted by Crippen LogP contribution is -2.39. The molecule has 1 aromatic rings. The zero-order chi connectivity index (χ0) is 16.5. The molecule has 136 valence electrons. The fraction of sp³-hybridized carbons (Fsp3) is 0.778. The molecule has 0 spiro atoms. The molecule has 14 atom stereocenters. The van der Waals surface area contributed by atoms with Crippen LogP contribution in [0.3, 0.4) is 0 Å². The van der Waals surface area contributed by atoms with E-state index in [4.69, 9.17) is 0 Å². The third-order valence-corrected chi connectivity index (χ3v) is 14.3. The predicted molar refractivity (Wildman–Crippen MR) is 101 cm³/mol. The Bertz CT molecular complexity index is 904. The summed E-state index contributed by atoms with van der Waals surface area (Å²) in [7, 11) is 0. The number of rotatable bonds is 2. The fourth-order valence-electron chi connectivity index (χ4n) is 15.8. The zero-order valence-corrected chi connectivity index (χ0v) is 15.8. The number of hydrogen-bond acceptors (Lipinski definition) is 0. The largest absolute Gasteiger partial charge is 0.0622 e. The van der Waals surface area contributed by atoms with Crippen LogP contribution < -0.4 is 0 Å². The van der Waals surface area contributed by atoms with Gasteiger partial charge in [0.05, 0.1) is 0 Å². The highest BCUT2D eigenvalue weighted by Gasteiger charge is 2.95. The Balaban J connectivity index is 1.27. The van der Waals surface area contributed by atoms with Crippen LogP contribution in [0.25, 0.3) is 0 Å². The molecule has 27 heavy (non-hydrogen) atoms. The molecule has 10 saturated carbocycles. The Kier molecular flexibility index (Phi) is 1.54. The van der Waals surface area contributed by atoms with E-state index in [0.717, 1.165) is 5.41 Å². The average Bonchev–Trinajstić information content (AvgIpc) is 3.41. The molecule has 11 rings (SSSR count). The summed E-state index contributed by atoms with van der Waals surface area (Å²) in [5, 5.41) is 0. The third-order valence-electron chi connectivity index (χ3n) is 14.3. The number of fused-ring (bicyclic) bond motifs is 4. The van der Waals surface area contributed by atoms with Crippen molar-refractivity contribution in [3.63, 3.8) is 0 Å². The fourth-order valence-corrected chi connectivity index (χ4v) is 15.8. The van der Waals surface area contributed by atoms with Gasteiger partial charge < -0.3 is 0 Å². The van der Waals surface area contributed by atoms with E-state index in [0.29, 0.717) is 0 Å². The summed E-state index contributed by atoms with van der Waals surface area (Å²) in [4.78, 5) is 0. The molecule has 0 aromatic heterocycles. The van der Waals surface area contributed by atoms with Crippen molar-refractivity contribution in [2.75, 3.05) is 0 Å². The van der Waals surface area contributed by atoms with E-state index in [1.54, 1.807) is 18.4 Å². The minimum atomic E-state index is 0.784. The molecular weight excluding hydrogens is 324 g/mol. The summed E-state index contributed by atoms with van der Waals surface area (Å²) in [6.07, 6.45) is 4.92. The van der Waals surface area contributed by atoms with Crippen LogP contribution in [0.1, 0.15) is 18.4 Å². The van der Waals surface area contributed by atoms with Gasteiger partial charge in [0.25, 0.3) is 0 Å². The summed E-state index contributed by atoms with van der Waals surface area (Å²) >= 11 is 0. The van der Waals surface area contributed by atoms with Gasteiger partial charge in [-0.1, -0.05) is 30.3 Å². The quantitative estimate of drug-likeness (QED) is 0.729. The third kappa shape index (κ3) is 0.854. The van der Waals surface area contributed by atoms with Gasteiger partial charge in [0.15, 0.2) is 0 Å². The Hall–Kier alpha value is -0.780. The maximum absolute atomic E-state index is 2.49. The van der Waals surface area contributed by atoms with E-state index in [-0.39, 0.29) is 0 Å². The van der Waals surface area contributed by atoms with E-state index >= 15 is 0 Å². The van der Waals surface area contributed by atoms with Gasteiger partial charge in [0, 0.05) is 0 Å². The van der Waals surface area contributed by atoms with Crippen molar-refractivity contribution in [2.24, 2.45) is 106 Å². The molecule has 0 N–H and O–H groups in total. The number of benzene rings is 1. The van der Waals surface area contributed by atoms with Crippen LogP contribution >= 0.6 is 0 Å². The SMILES string of the molecule is c1ccc(CC23C4C5CC6C7C8CC4C4C8C8C7C7C6C5C2C7C8C43)cc1. The first-order valence-corrected chi connectivity index (χ1v) is 12.5. The molecule has 0 amide bonds. The van der Waals surface area contributed by atoms with Crippen LogP contribution in [0, 0.1) is 106 Å². The Morgan fingerprint density at radius 3 is 1.78 bits per heavy atom. The molecule has 14 unspecified atom stereocenters. The molecule has 0 nitrogen and oxygen atoms in total. The summed E-state index contributed by atoms with van der Waals surface area (Å²) in [6.45, 7) is 0. The van der Waals surface area contributed by atoms with E-state index in [1.165, 1.54) is 107 Å². The van der Waals surface area contributed by atoms with Gasteiger partial charge in [0.1, 0.15) is 0 Å². The van der Waals surface area contributed by atoms with Crippen molar-refractivity contribution < 1.29 is 0 Å². The molecule has 0 saturated heterocycles. The summed E-state index contributed by atoms with van der Waals surface area (Å²) in [6, 6.07) is 11.9. The van der Waals surface area contributed by atoms with Crippen LogP contribution in [-0.2, 0) is 6.42 Å². The monoisotopic (exact) mass is 352 g/mol. The van der Waals surface area contributed by atoms with Crippen molar-refractivity contribution >= 4 is 0 Å². The molecule has 10 aliphatic rings. The summed E-state index contributed by atoms with van der Waals surface area (Å²) in [5.41, 5.74) is 2.49. The van der Waals surface area contributed by atoms with Crippen LogP contribution in [0.2, 0.25) is 0 Å². The second-order valence-corrected chi connectivity index (χ2v) is 13.3. The molecular formula is C27H28. The normalized spacial score (nSPS) is 79.5. The highest BCUT2D eigenvalue weighted by Crippen LogP contribution is 2.99. The molecule has 1 aromatic carbocycles. The van der Waals surface area contributed by atoms with Gasteiger partial charge in [-0.05, 0) is 131 Å². The summed E-state index contributed by atoms with van der Waals surface area (Å²) < 4.78 is 0. The molecule has 0 aliphatic heterocycles. The topological polar surface area (TPSA) is 0 Å². The van der Waals surface area contributed by atoms with Crippen LogP contribution in [-0.4, -0.2) is 0 Å². The minimum Gasteiger partial charge on any atom is -0.0622 e. The lowest BCUT2D eigenvalue weighted by Gasteiger charge is -2.43. The van der Waals surface area contributed by atoms with Crippen molar-refractivity contribution in [1.82, 2.24) is 0 Å². The van der Waals surface area contributed by atoms with E-state index in [9.17, 15) is 0 Å². The second-order valence-electron chi connectivity index (χ2n) is 13.3. The van der Waals surface area contributed by atoms with E-state index in [1.807, 2.05) is 0 Å². The first-order chi connectivity index (χ1) is 13.4. The van der Waals surface area contributed by atoms with Gasteiger partial charge in [-0.15, -0.1) is 0 Å². The molecule has 0 heteroatoms. The molecule has 10 aliphatic carbocycles. The van der Waals surface area contributed by atoms with Gasteiger partial charge in [-0.25, -0.2) is 0 Å². The molecule has 0 heterocycles. The molecule has 0 radical (unpaired) electrons. The maximum Gasteiger partial charge on any atom is -0.0155 e. The second kappa shape index (κ2) is 3.27. The van der Waals surface area contributed by atoms with Gasteiger partial charge in [0.2, 0.25) is 0 Å². The van der Waals surface area contributed by atoms with E-state index < -0.39 is 0 Å². The highest BCUT2D eigenvalue weighted by molar-refractivity contribution is 5.43. The first kappa shape index (κ1) is 12.7. The van der Waals surface area contributed by atoms with Crippen molar-refractivity contribution in [3.8, 4) is 0 Å². The number of hydrogen-bond donors (Lipinski definition) is 0. The lowest BCUT2D eigenvalue weighted by atomic mass is 9.61. The van der Waals surface area contributed by atoms with Gasteiger partial charge >= 0.3 is 0 Å². The van der Waals surface area contributed by atoms with Crippen molar-refractivity contribution in [2.45, 2.75) is 19.3 Å². The average molecular weight is 353 g/mol. The summed E-state index contributed by atoms with van der Waals surface area (Å²) in [5.74, 6) is 20.8. The first-order valence-electron chi connectivity index (χ1n) is 12.5. The van der Waals surface area contributed by atoms with Crippen molar-refractivity contribution in [3.05, 3.63) is 35.9 Å². The Morgan fingerprint density at radius 2 is 1.15 bits per heavy atom. The predicted octanol–water partition coefficient (Wildman–Crippen LogP) is 4.61. The standard InChI is InChI=1S/C27H28/c1-2-4-9(5-3-1)8-27-24-12-6-10-14-11-7-13(24)18-16(11)21-19(14)20-15(10)17(12)25(27)22(20)23(21)26(18)27/h1-5,10-26H,6-8H2. The zero-order valence-electron chi connectivity index (χ0n) is 15.8. The highest BCUT2D eigenvalue weighted by atomic mass is 15.0. The smallest absolute Gasteiger partial charge is 0.0155 e. The minimum absolute atomic E-state index is 0.784. The van der Waals surface area contributed by atoms with Crippen LogP contribution in [0.15, 0.2) is 30.3 Å².